The molecule has 1 N–H and O–H groups in total. The van der Waals surface area contributed by atoms with Crippen LogP contribution in [0.1, 0.15) is 12.5 Å². The number of nitrogens with zero attached hydrogens (tertiary/aromatic N) is 1. The number of ether oxygens (including phenoxy) is 2. The van der Waals surface area contributed by atoms with Crippen LogP contribution >= 0.6 is 0 Å². The van der Waals surface area contributed by atoms with E-state index in [2.05, 4.69) is 11.4 Å². The van der Waals surface area contributed by atoms with Crippen molar-refractivity contribution < 1.29 is 9.47 Å². The summed E-state index contributed by atoms with van der Waals surface area (Å²) in [5.41, 5.74) is 0.404. The maximum atomic E-state index is 9.32. The van der Waals surface area contributed by atoms with Gasteiger partial charge in [0.05, 0.1) is 19.8 Å². The minimum Gasteiger partial charge on any atom is -0.496 e. The Hall–Kier alpha value is -1.57. The molecule has 0 aromatic heterocycles. The van der Waals surface area contributed by atoms with E-state index in [4.69, 9.17) is 9.47 Å². The van der Waals surface area contributed by atoms with Gasteiger partial charge in [-0.1, -0.05) is 18.2 Å². The van der Waals surface area contributed by atoms with Crippen molar-refractivity contribution in [1.29, 1.82) is 5.26 Å². The first-order valence-corrected chi connectivity index (χ1v) is 5.92. The van der Waals surface area contributed by atoms with Crippen LogP contribution in [-0.4, -0.2) is 32.9 Å². The molecule has 4 nitrogen and oxygen atoms in total. The standard InChI is InChI=1S/C14H20N2O2/c1-14(11-15,16-8-9-17-2)10-12-6-4-5-7-13(12)18-3/h4-7,16H,8-10H2,1-3H3. The molecule has 0 aliphatic rings. The van der Waals surface area contributed by atoms with Crippen molar-refractivity contribution in [3.8, 4) is 11.8 Å². The predicted molar refractivity (Wildman–Crippen MR) is 70.6 cm³/mol. The summed E-state index contributed by atoms with van der Waals surface area (Å²) < 4.78 is 10.3. The molecular weight excluding hydrogens is 228 g/mol. The van der Waals surface area contributed by atoms with E-state index in [0.717, 1.165) is 11.3 Å². The van der Waals surface area contributed by atoms with Gasteiger partial charge in [0.25, 0.3) is 0 Å². The molecule has 1 atom stereocenters. The third-order valence-electron chi connectivity index (χ3n) is 2.80. The third kappa shape index (κ3) is 4.02. The third-order valence-corrected chi connectivity index (χ3v) is 2.80. The maximum Gasteiger partial charge on any atom is 0.122 e. The van der Waals surface area contributed by atoms with Crippen molar-refractivity contribution in [2.24, 2.45) is 0 Å². The van der Waals surface area contributed by atoms with Crippen LogP contribution in [0.25, 0.3) is 0 Å². The van der Waals surface area contributed by atoms with Gasteiger partial charge in [-0.3, -0.25) is 5.32 Å². The van der Waals surface area contributed by atoms with Gasteiger partial charge in [-0.05, 0) is 18.6 Å². The molecule has 0 fully saturated rings. The molecule has 1 aromatic rings. The second-order valence-corrected chi connectivity index (χ2v) is 4.35. The van der Waals surface area contributed by atoms with E-state index in [1.165, 1.54) is 0 Å². The number of nitrogens with one attached hydrogen (secondary N) is 1. The SMILES string of the molecule is COCCNC(C)(C#N)Cc1ccccc1OC. The highest BCUT2D eigenvalue weighted by Gasteiger charge is 2.24. The number of benzene rings is 1. The van der Waals surface area contributed by atoms with Crippen molar-refractivity contribution in [3.05, 3.63) is 29.8 Å². The van der Waals surface area contributed by atoms with E-state index >= 15 is 0 Å². The van der Waals surface area contributed by atoms with Crippen LogP contribution in [0.15, 0.2) is 24.3 Å². The van der Waals surface area contributed by atoms with Crippen LogP contribution in [0.3, 0.4) is 0 Å². The Kier molecular flexibility index (Phi) is 5.63. The predicted octanol–water partition coefficient (Wildman–Crippen LogP) is 1.76. The quantitative estimate of drug-likeness (QED) is 0.747. The monoisotopic (exact) mass is 248 g/mol. The summed E-state index contributed by atoms with van der Waals surface area (Å²) in [6.07, 6.45) is 0.594. The van der Waals surface area contributed by atoms with E-state index in [1.807, 2.05) is 31.2 Å². The van der Waals surface area contributed by atoms with Gasteiger partial charge in [-0.2, -0.15) is 5.26 Å². The Morgan fingerprint density at radius 3 is 2.67 bits per heavy atom. The summed E-state index contributed by atoms with van der Waals surface area (Å²) in [4.78, 5) is 0. The Balaban J connectivity index is 2.75. The van der Waals surface area contributed by atoms with E-state index in [0.29, 0.717) is 19.6 Å². The average Bonchev–Trinajstić information content (AvgIpc) is 2.40. The smallest absolute Gasteiger partial charge is 0.122 e. The zero-order chi connectivity index (χ0) is 13.4. The fourth-order valence-electron chi connectivity index (χ4n) is 1.80. The summed E-state index contributed by atoms with van der Waals surface area (Å²) in [6.45, 7) is 3.12. The number of hydrogen-bond acceptors (Lipinski definition) is 4. The number of para-hydroxylation sites is 1. The van der Waals surface area contributed by atoms with Crippen molar-refractivity contribution in [2.75, 3.05) is 27.4 Å². The normalized spacial score (nSPS) is 13.7. The maximum absolute atomic E-state index is 9.32. The fourth-order valence-corrected chi connectivity index (χ4v) is 1.80. The first-order chi connectivity index (χ1) is 8.65. The van der Waals surface area contributed by atoms with E-state index < -0.39 is 5.54 Å². The van der Waals surface area contributed by atoms with Crippen molar-refractivity contribution in [1.82, 2.24) is 5.32 Å². The highest BCUT2D eigenvalue weighted by Crippen LogP contribution is 2.22. The Bertz CT molecular complexity index is 415. The lowest BCUT2D eigenvalue weighted by Crippen LogP contribution is -2.44. The van der Waals surface area contributed by atoms with Gasteiger partial charge in [0, 0.05) is 20.1 Å². The zero-order valence-corrected chi connectivity index (χ0v) is 11.2. The van der Waals surface area contributed by atoms with Gasteiger partial charge in [0.2, 0.25) is 0 Å². The van der Waals surface area contributed by atoms with Gasteiger partial charge < -0.3 is 9.47 Å². The molecule has 1 aromatic carbocycles. The molecule has 0 radical (unpaired) electrons. The second kappa shape index (κ2) is 7.00. The zero-order valence-electron chi connectivity index (χ0n) is 11.2. The van der Waals surface area contributed by atoms with Crippen LogP contribution in [-0.2, 0) is 11.2 Å². The Labute approximate surface area is 109 Å². The van der Waals surface area contributed by atoms with Crippen molar-refractivity contribution in [2.45, 2.75) is 18.9 Å². The second-order valence-electron chi connectivity index (χ2n) is 4.35. The van der Waals surface area contributed by atoms with Gasteiger partial charge in [-0.15, -0.1) is 0 Å². The van der Waals surface area contributed by atoms with Crippen LogP contribution in [0.4, 0.5) is 0 Å². The summed E-state index contributed by atoms with van der Waals surface area (Å²) >= 11 is 0. The lowest BCUT2D eigenvalue weighted by Gasteiger charge is -2.24. The molecule has 0 amide bonds. The van der Waals surface area contributed by atoms with E-state index in [9.17, 15) is 5.26 Å². The number of hydrogen-bond donors (Lipinski definition) is 1. The fraction of sp³-hybridized carbons (Fsp3) is 0.500. The summed E-state index contributed by atoms with van der Waals surface area (Å²) in [5.74, 6) is 0.813. The van der Waals surface area contributed by atoms with E-state index in [-0.39, 0.29) is 0 Å². The molecular formula is C14H20N2O2. The number of rotatable bonds is 7. The first kappa shape index (κ1) is 14.5. The van der Waals surface area contributed by atoms with Gasteiger partial charge in [0.1, 0.15) is 11.3 Å². The molecule has 1 rings (SSSR count). The molecule has 0 spiro atoms. The van der Waals surface area contributed by atoms with Crippen molar-refractivity contribution >= 4 is 0 Å². The lowest BCUT2D eigenvalue weighted by molar-refractivity contribution is 0.192. The van der Waals surface area contributed by atoms with Crippen LogP contribution in [0.5, 0.6) is 5.75 Å². The highest BCUT2D eigenvalue weighted by atomic mass is 16.5. The van der Waals surface area contributed by atoms with Gasteiger partial charge in [0.15, 0.2) is 0 Å². The summed E-state index contributed by atoms with van der Waals surface area (Å²) in [6, 6.07) is 10.1. The average molecular weight is 248 g/mol. The molecule has 4 heteroatoms. The highest BCUT2D eigenvalue weighted by molar-refractivity contribution is 5.35. The largest absolute Gasteiger partial charge is 0.496 e. The topological polar surface area (TPSA) is 54.3 Å². The molecule has 0 bridgehead atoms. The molecule has 0 aliphatic carbocycles. The Morgan fingerprint density at radius 1 is 1.33 bits per heavy atom. The van der Waals surface area contributed by atoms with Gasteiger partial charge in [-0.25, -0.2) is 0 Å². The summed E-state index contributed by atoms with van der Waals surface area (Å²) in [5, 5.41) is 12.5. The lowest BCUT2D eigenvalue weighted by atomic mass is 9.93. The minimum atomic E-state index is -0.618. The van der Waals surface area contributed by atoms with Crippen LogP contribution in [0, 0.1) is 11.3 Å². The number of nitriles is 1. The summed E-state index contributed by atoms with van der Waals surface area (Å²) in [7, 11) is 3.28. The number of methoxy groups -OCH3 is 2. The van der Waals surface area contributed by atoms with Crippen LogP contribution in [0.2, 0.25) is 0 Å². The first-order valence-electron chi connectivity index (χ1n) is 5.92. The molecule has 0 heterocycles. The van der Waals surface area contributed by atoms with E-state index in [1.54, 1.807) is 14.2 Å². The van der Waals surface area contributed by atoms with Crippen molar-refractivity contribution in [3.63, 3.8) is 0 Å². The molecule has 98 valence electrons. The van der Waals surface area contributed by atoms with Gasteiger partial charge >= 0.3 is 0 Å². The van der Waals surface area contributed by atoms with Crippen LogP contribution < -0.4 is 10.1 Å². The molecule has 0 aliphatic heterocycles. The minimum absolute atomic E-state index is 0.587. The molecule has 1 unspecified atom stereocenters. The molecule has 18 heavy (non-hydrogen) atoms. The Morgan fingerprint density at radius 2 is 2.06 bits per heavy atom. The molecule has 0 saturated carbocycles. The molecule has 0 saturated heterocycles.